The molecule has 3 heteroatoms. The summed E-state index contributed by atoms with van der Waals surface area (Å²) in [5.74, 6) is 2.70. The first-order chi connectivity index (χ1) is 9.19. The van der Waals surface area contributed by atoms with Crippen LogP contribution in [-0.2, 0) is 12.8 Å². The Labute approximate surface area is 124 Å². The summed E-state index contributed by atoms with van der Waals surface area (Å²) in [6, 6.07) is 5.15. The summed E-state index contributed by atoms with van der Waals surface area (Å²) in [5.41, 5.74) is 2.77. The number of hydrogen-bond acceptors (Lipinski definition) is 2. The lowest BCUT2D eigenvalue weighted by atomic mass is 9.88. The Bertz CT molecular complexity index is 474. The Hall–Kier alpha value is -0.540. The van der Waals surface area contributed by atoms with E-state index in [-0.39, 0.29) is 0 Å². The summed E-state index contributed by atoms with van der Waals surface area (Å²) in [6.07, 6.45) is 4.84. The van der Waals surface area contributed by atoms with Gasteiger partial charge in [-0.15, -0.1) is 0 Å². The first-order valence-electron chi connectivity index (χ1n) is 7.30. The molecule has 19 heavy (non-hydrogen) atoms. The van der Waals surface area contributed by atoms with Crippen LogP contribution in [0.25, 0.3) is 0 Å². The minimum Gasteiger partial charge on any atom is -0.493 e. The number of rotatable bonds is 3. The van der Waals surface area contributed by atoms with Crippen molar-refractivity contribution in [2.45, 2.75) is 38.6 Å². The third kappa shape index (κ3) is 2.55. The van der Waals surface area contributed by atoms with Gasteiger partial charge in [-0.25, -0.2) is 0 Å². The summed E-state index contributed by atoms with van der Waals surface area (Å²) in [4.78, 5) is 0. The first kappa shape index (κ1) is 13.4. The van der Waals surface area contributed by atoms with Gasteiger partial charge in [-0.05, 0) is 61.4 Å². The van der Waals surface area contributed by atoms with E-state index in [1.54, 1.807) is 0 Å². The van der Waals surface area contributed by atoms with Crippen LogP contribution in [0.2, 0.25) is 0 Å². The lowest BCUT2D eigenvalue weighted by molar-refractivity contribution is 0.338. The fraction of sp³-hybridized carbons (Fsp3) is 0.625. The highest BCUT2D eigenvalue weighted by atomic mass is 79.9. The Kier molecular flexibility index (Phi) is 3.86. The predicted octanol–water partition coefficient (Wildman–Crippen LogP) is 3.56. The second-order valence-corrected chi connectivity index (χ2v) is 6.86. The third-order valence-electron chi connectivity index (χ3n) is 4.90. The molecular weight excluding hydrogens is 302 g/mol. The maximum absolute atomic E-state index is 5.85. The van der Waals surface area contributed by atoms with Crippen molar-refractivity contribution in [2.24, 2.45) is 11.8 Å². The molecule has 1 aromatic carbocycles. The van der Waals surface area contributed by atoms with Gasteiger partial charge in [0, 0.05) is 16.9 Å². The van der Waals surface area contributed by atoms with Crippen LogP contribution in [0.3, 0.4) is 0 Å². The number of benzene rings is 1. The maximum atomic E-state index is 5.85. The van der Waals surface area contributed by atoms with Gasteiger partial charge in [0.2, 0.25) is 0 Å². The molecule has 0 bridgehead atoms. The zero-order valence-corrected chi connectivity index (χ0v) is 13.3. The van der Waals surface area contributed by atoms with E-state index in [1.165, 1.54) is 34.2 Å². The van der Waals surface area contributed by atoms with Gasteiger partial charge in [-0.2, -0.15) is 0 Å². The molecule has 1 fully saturated rings. The molecule has 1 aromatic rings. The maximum Gasteiger partial charge on any atom is 0.125 e. The zero-order chi connectivity index (χ0) is 13.4. The Balaban J connectivity index is 1.81. The molecule has 3 unspecified atom stereocenters. The summed E-state index contributed by atoms with van der Waals surface area (Å²) in [5, 5.41) is 3.45. The largest absolute Gasteiger partial charge is 0.493 e. The first-order valence-corrected chi connectivity index (χ1v) is 8.09. The van der Waals surface area contributed by atoms with Crippen LogP contribution in [0.5, 0.6) is 5.75 Å². The van der Waals surface area contributed by atoms with Crippen LogP contribution in [-0.4, -0.2) is 19.7 Å². The number of ether oxygens (including phenoxy) is 1. The molecule has 104 valence electrons. The van der Waals surface area contributed by atoms with Gasteiger partial charge in [0.1, 0.15) is 5.75 Å². The molecule has 0 saturated heterocycles. The average molecular weight is 324 g/mol. The smallest absolute Gasteiger partial charge is 0.125 e. The number of hydrogen-bond donors (Lipinski definition) is 1. The molecule has 3 atom stereocenters. The lowest BCUT2D eigenvalue weighted by Gasteiger charge is -2.21. The van der Waals surface area contributed by atoms with Gasteiger partial charge in [-0.3, -0.25) is 0 Å². The molecule has 0 amide bonds. The number of nitrogens with one attached hydrogen (secondary N) is 1. The van der Waals surface area contributed by atoms with Crippen molar-refractivity contribution in [1.29, 1.82) is 0 Å². The van der Waals surface area contributed by atoms with E-state index in [9.17, 15) is 0 Å². The number of fused-ring (bicyclic) bond motifs is 1. The summed E-state index contributed by atoms with van der Waals surface area (Å²) < 4.78 is 7.04. The molecule has 1 aliphatic heterocycles. The molecule has 1 aliphatic carbocycles. The number of halogens is 1. The van der Waals surface area contributed by atoms with E-state index in [4.69, 9.17) is 4.74 Å². The van der Waals surface area contributed by atoms with E-state index < -0.39 is 0 Å². The summed E-state index contributed by atoms with van der Waals surface area (Å²) in [7, 11) is 2.09. The minimum absolute atomic E-state index is 0.686. The molecule has 0 radical (unpaired) electrons. The van der Waals surface area contributed by atoms with Crippen LogP contribution < -0.4 is 10.1 Å². The third-order valence-corrected chi connectivity index (χ3v) is 5.36. The minimum atomic E-state index is 0.686. The summed E-state index contributed by atoms with van der Waals surface area (Å²) in [6.45, 7) is 3.23. The molecule has 2 nitrogen and oxygen atoms in total. The molecule has 0 spiro atoms. The predicted molar refractivity (Wildman–Crippen MR) is 81.8 cm³/mol. The fourth-order valence-electron chi connectivity index (χ4n) is 3.72. The van der Waals surface area contributed by atoms with Gasteiger partial charge in [0.25, 0.3) is 0 Å². The highest BCUT2D eigenvalue weighted by Crippen LogP contribution is 2.39. The van der Waals surface area contributed by atoms with Crippen molar-refractivity contribution in [2.75, 3.05) is 13.7 Å². The molecule has 3 rings (SSSR count). The molecule has 1 saturated carbocycles. The quantitative estimate of drug-likeness (QED) is 0.918. The monoisotopic (exact) mass is 323 g/mol. The van der Waals surface area contributed by atoms with Crippen molar-refractivity contribution in [3.8, 4) is 5.75 Å². The Morgan fingerprint density at radius 2 is 2.21 bits per heavy atom. The van der Waals surface area contributed by atoms with Gasteiger partial charge in [0.05, 0.1) is 6.61 Å². The van der Waals surface area contributed by atoms with E-state index in [1.807, 2.05) is 0 Å². The molecule has 2 aliphatic rings. The van der Waals surface area contributed by atoms with E-state index in [0.29, 0.717) is 6.04 Å². The van der Waals surface area contributed by atoms with E-state index in [0.717, 1.165) is 31.3 Å². The van der Waals surface area contributed by atoms with Crippen LogP contribution in [0, 0.1) is 11.8 Å². The van der Waals surface area contributed by atoms with Gasteiger partial charge >= 0.3 is 0 Å². The van der Waals surface area contributed by atoms with Crippen molar-refractivity contribution in [3.63, 3.8) is 0 Å². The average Bonchev–Trinajstić information content (AvgIpc) is 2.97. The second-order valence-electron chi connectivity index (χ2n) is 5.95. The molecular formula is C16H22BrNO. The highest BCUT2D eigenvalue weighted by Gasteiger charge is 2.32. The van der Waals surface area contributed by atoms with Crippen LogP contribution in [0.15, 0.2) is 16.6 Å². The van der Waals surface area contributed by atoms with Crippen LogP contribution >= 0.6 is 15.9 Å². The second kappa shape index (κ2) is 5.45. The SMILES string of the molecule is CNC1CCC(Cc2cc(Br)cc3c2OCC3)C1C. The van der Waals surface area contributed by atoms with Crippen molar-refractivity contribution in [1.82, 2.24) is 5.32 Å². The Morgan fingerprint density at radius 3 is 2.95 bits per heavy atom. The zero-order valence-electron chi connectivity index (χ0n) is 11.7. The fourth-order valence-corrected chi connectivity index (χ4v) is 4.28. The van der Waals surface area contributed by atoms with Crippen LogP contribution in [0.4, 0.5) is 0 Å². The van der Waals surface area contributed by atoms with Crippen LogP contribution in [0.1, 0.15) is 30.9 Å². The van der Waals surface area contributed by atoms with E-state index in [2.05, 4.69) is 47.4 Å². The van der Waals surface area contributed by atoms with Crippen molar-refractivity contribution in [3.05, 3.63) is 27.7 Å². The van der Waals surface area contributed by atoms with E-state index >= 15 is 0 Å². The van der Waals surface area contributed by atoms with Crippen molar-refractivity contribution < 1.29 is 4.74 Å². The standard InChI is InChI=1S/C16H22BrNO/c1-10-11(3-4-15(10)18-2)7-13-9-14(17)8-12-5-6-19-16(12)13/h8-11,15,18H,3-7H2,1-2H3. The molecule has 0 aromatic heterocycles. The topological polar surface area (TPSA) is 21.3 Å². The normalized spacial score (nSPS) is 29.3. The van der Waals surface area contributed by atoms with Gasteiger partial charge in [0.15, 0.2) is 0 Å². The van der Waals surface area contributed by atoms with Gasteiger partial charge in [-0.1, -0.05) is 22.9 Å². The van der Waals surface area contributed by atoms with Gasteiger partial charge < -0.3 is 10.1 Å². The lowest BCUT2D eigenvalue weighted by Crippen LogP contribution is -2.29. The molecule has 1 heterocycles. The highest BCUT2D eigenvalue weighted by molar-refractivity contribution is 9.10. The van der Waals surface area contributed by atoms with Crippen molar-refractivity contribution >= 4 is 15.9 Å². The Morgan fingerprint density at radius 1 is 1.37 bits per heavy atom. The summed E-state index contributed by atoms with van der Waals surface area (Å²) >= 11 is 3.64. The molecule has 1 N–H and O–H groups in total.